The molecule has 0 fully saturated rings. The van der Waals surface area contributed by atoms with Crippen molar-refractivity contribution >= 4 is 23.1 Å². The molecule has 2 rings (SSSR count). The Kier molecular flexibility index (Phi) is 3.43. The topological polar surface area (TPSA) is 76.8 Å². The molecule has 1 aromatic carbocycles. The van der Waals surface area contributed by atoms with Gasteiger partial charge in [0.2, 0.25) is 0 Å². The van der Waals surface area contributed by atoms with Crippen LogP contribution in [0.3, 0.4) is 0 Å². The van der Waals surface area contributed by atoms with Gasteiger partial charge in [-0.1, -0.05) is 11.6 Å². The summed E-state index contributed by atoms with van der Waals surface area (Å²) in [6.45, 7) is 1.82. The second kappa shape index (κ2) is 5.01. The summed E-state index contributed by atoms with van der Waals surface area (Å²) in [5.74, 6) is 1.15. The molecular formula is C10H10ClN3O3. The molecule has 1 heterocycles. The van der Waals surface area contributed by atoms with Crippen molar-refractivity contribution in [2.75, 3.05) is 19.7 Å². The third-order valence-corrected chi connectivity index (χ3v) is 2.55. The van der Waals surface area contributed by atoms with Crippen LogP contribution in [-0.4, -0.2) is 30.5 Å². The number of nitro benzene ring substituents is 1. The number of aliphatic imine (C=N–C) groups is 1. The smallest absolute Gasteiger partial charge is 0.291 e. The van der Waals surface area contributed by atoms with Crippen molar-refractivity contribution in [2.24, 2.45) is 4.99 Å². The van der Waals surface area contributed by atoms with Crippen LogP contribution in [0.4, 0.5) is 5.69 Å². The number of hydrogen-bond donors (Lipinski definition) is 1. The fourth-order valence-corrected chi connectivity index (χ4v) is 1.60. The molecule has 0 saturated carbocycles. The second-order valence-corrected chi connectivity index (χ2v) is 3.82. The second-order valence-electron chi connectivity index (χ2n) is 3.41. The van der Waals surface area contributed by atoms with Crippen LogP contribution in [0.1, 0.15) is 0 Å². The molecule has 0 saturated heterocycles. The highest BCUT2D eigenvalue weighted by Crippen LogP contribution is 2.28. The van der Waals surface area contributed by atoms with Gasteiger partial charge >= 0.3 is 0 Å². The van der Waals surface area contributed by atoms with E-state index >= 15 is 0 Å². The van der Waals surface area contributed by atoms with Crippen LogP contribution in [0.5, 0.6) is 5.75 Å². The van der Waals surface area contributed by atoms with Gasteiger partial charge in [-0.15, -0.1) is 0 Å². The maximum Gasteiger partial charge on any atom is 0.291 e. The van der Waals surface area contributed by atoms with Crippen LogP contribution in [0.15, 0.2) is 23.2 Å². The lowest BCUT2D eigenvalue weighted by molar-refractivity contribution is -0.384. The zero-order valence-corrected chi connectivity index (χ0v) is 9.61. The number of nitrogens with one attached hydrogen (secondary N) is 1. The van der Waals surface area contributed by atoms with Gasteiger partial charge in [0.1, 0.15) is 23.2 Å². The van der Waals surface area contributed by atoms with Gasteiger partial charge in [0.05, 0.1) is 17.5 Å². The summed E-state index contributed by atoms with van der Waals surface area (Å²) in [7, 11) is 0. The number of amidine groups is 1. The van der Waals surface area contributed by atoms with E-state index < -0.39 is 4.92 Å². The van der Waals surface area contributed by atoms with Gasteiger partial charge in [0.25, 0.3) is 5.69 Å². The predicted octanol–water partition coefficient (Wildman–Crippen LogP) is 1.63. The van der Waals surface area contributed by atoms with Gasteiger partial charge in [-0.3, -0.25) is 15.1 Å². The molecule has 0 aliphatic carbocycles. The number of ether oxygens (including phenoxy) is 1. The monoisotopic (exact) mass is 255 g/mol. The number of nitrogens with zero attached hydrogens (tertiary/aromatic N) is 2. The molecule has 90 valence electrons. The van der Waals surface area contributed by atoms with Crippen molar-refractivity contribution in [3.05, 3.63) is 33.3 Å². The standard InChI is InChI=1S/C10H10ClN3O3/c11-8-2-1-7(5-9(8)14(15)16)17-6-10-12-3-4-13-10/h1-2,5H,3-4,6H2,(H,12,13). The van der Waals surface area contributed by atoms with E-state index in [2.05, 4.69) is 10.3 Å². The Hall–Kier alpha value is -1.82. The highest BCUT2D eigenvalue weighted by Gasteiger charge is 2.14. The number of halogens is 1. The molecule has 0 amide bonds. The molecular weight excluding hydrogens is 246 g/mol. The minimum Gasteiger partial charge on any atom is -0.485 e. The first-order valence-electron chi connectivity index (χ1n) is 5.01. The maximum absolute atomic E-state index is 10.7. The fourth-order valence-electron chi connectivity index (χ4n) is 1.42. The van der Waals surface area contributed by atoms with E-state index in [1.54, 1.807) is 6.07 Å². The fraction of sp³-hybridized carbons (Fsp3) is 0.300. The summed E-state index contributed by atoms with van der Waals surface area (Å²) in [6, 6.07) is 4.33. The summed E-state index contributed by atoms with van der Waals surface area (Å²) in [6.07, 6.45) is 0. The normalized spacial score (nSPS) is 14.1. The van der Waals surface area contributed by atoms with Gasteiger partial charge in [0.15, 0.2) is 0 Å². The van der Waals surface area contributed by atoms with E-state index in [1.807, 2.05) is 0 Å². The zero-order valence-electron chi connectivity index (χ0n) is 8.85. The van der Waals surface area contributed by atoms with Crippen LogP contribution in [0, 0.1) is 10.1 Å². The van der Waals surface area contributed by atoms with Gasteiger partial charge in [0, 0.05) is 6.54 Å². The molecule has 0 bridgehead atoms. The molecule has 17 heavy (non-hydrogen) atoms. The highest BCUT2D eigenvalue weighted by molar-refractivity contribution is 6.32. The van der Waals surface area contributed by atoms with Crippen molar-refractivity contribution in [3.63, 3.8) is 0 Å². The Balaban J connectivity index is 2.05. The average Bonchev–Trinajstić information content (AvgIpc) is 2.80. The van der Waals surface area contributed by atoms with Crippen molar-refractivity contribution in [3.8, 4) is 5.75 Å². The predicted molar refractivity (Wildman–Crippen MR) is 63.9 cm³/mol. The minimum absolute atomic E-state index is 0.0960. The quantitative estimate of drug-likeness (QED) is 0.655. The van der Waals surface area contributed by atoms with Crippen molar-refractivity contribution in [1.82, 2.24) is 5.32 Å². The zero-order chi connectivity index (χ0) is 12.3. The van der Waals surface area contributed by atoms with E-state index in [0.717, 1.165) is 18.9 Å². The first-order valence-corrected chi connectivity index (χ1v) is 5.38. The van der Waals surface area contributed by atoms with E-state index in [1.165, 1.54) is 12.1 Å². The molecule has 1 aliphatic rings. The molecule has 0 aromatic heterocycles. The lowest BCUT2D eigenvalue weighted by Crippen LogP contribution is -2.24. The highest BCUT2D eigenvalue weighted by atomic mass is 35.5. The minimum atomic E-state index is -0.541. The van der Waals surface area contributed by atoms with E-state index in [9.17, 15) is 10.1 Å². The summed E-state index contributed by atoms with van der Waals surface area (Å²) < 4.78 is 5.38. The Morgan fingerprint density at radius 2 is 2.41 bits per heavy atom. The molecule has 1 N–H and O–H groups in total. The van der Waals surface area contributed by atoms with Crippen LogP contribution in [0.2, 0.25) is 5.02 Å². The molecule has 0 spiro atoms. The first kappa shape index (κ1) is 11.7. The van der Waals surface area contributed by atoms with Crippen LogP contribution >= 0.6 is 11.6 Å². The average molecular weight is 256 g/mol. The summed E-state index contributed by atoms with van der Waals surface area (Å²) in [5, 5.41) is 13.8. The van der Waals surface area contributed by atoms with E-state index in [0.29, 0.717) is 5.75 Å². The Labute approximate surface area is 102 Å². The summed E-state index contributed by atoms with van der Waals surface area (Å²) >= 11 is 5.69. The molecule has 0 atom stereocenters. The molecule has 0 radical (unpaired) electrons. The maximum atomic E-state index is 10.7. The number of rotatable bonds is 4. The van der Waals surface area contributed by atoms with Gasteiger partial charge < -0.3 is 10.1 Å². The summed E-state index contributed by atoms with van der Waals surface area (Å²) in [5.41, 5.74) is -0.162. The summed E-state index contributed by atoms with van der Waals surface area (Å²) in [4.78, 5) is 14.3. The lowest BCUT2D eigenvalue weighted by Gasteiger charge is -2.06. The Morgan fingerprint density at radius 3 is 3.06 bits per heavy atom. The third-order valence-electron chi connectivity index (χ3n) is 2.23. The van der Waals surface area contributed by atoms with Crippen molar-refractivity contribution in [1.29, 1.82) is 0 Å². The lowest BCUT2D eigenvalue weighted by atomic mass is 10.3. The van der Waals surface area contributed by atoms with Gasteiger partial charge in [-0.05, 0) is 12.1 Å². The van der Waals surface area contributed by atoms with Gasteiger partial charge in [-0.2, -0.15) is 0 Å². The number of nitro groups is 1. The Bertz CT molecular complexity index is 476. The van der Waals surface area contributed by atoms with Crippen LogP contribution < -0.4 is 10.1 Å². The van der Waals surface area contributed by atoms with E-state index in [4.69, 9.17) is 16.3 Å². The molecule has 6 nitrogen and oxygen atoms in total. The first-order chi connectivity index (χ1) is 8.16. The third kappa shape index (κ3) is 2.85. The molecule has 7 heteroatoms. The van der Waals surface area contributed by atoms with Gasteiger partial charge in [-0.25, -0.2) is 0 Å². The molecule has 0 unspecified atom stereocenters. The van der Waals surface area contributed by atoms with E-state index in [-0.39, 0.29) is 17.3 Å². The van der Waals surface area contributed by atoms with Crippen LogP contribution in [-0.2, 0) is 0 Å². The number of benzene rings is 1. The largest absolute Gasteiger partial charge is 0.485 e. The number of hydrogen-bond acceptors (Lipinski definition) is 5. The van der Waals surface area contributed by atoms with Crippen molar-refractivity contribution < 1.29 is 9.66 Å². The SMILES string of the molecule is O=[N+]([O-])c1cc(OCC2=NCCN2)ccc1Cl. The van der Waals surface area contributed by atoms with Crippen LogP contribution in [0.25, 0.3) is 0 Å². The molecule has 1 aromatic rings. The van der Waals surface area contributed by atoms with Crippen molar-refractivity contribution in [2.45, 2.75) is 0 Å². The molecule has 1 aliphatic heterocycles. The Morgan fingerprint density at radius 1 is 1.59 bits per heavy atom.